The lowest BCUT2D eigenvalue weighted by Crippen LogP contribution is -2.25. The van der Waals surface area contributed by atoms with Crippen molar-refractivity contribution in [2.24, 2.45) is 0 Å². The molecule has 1 heterocycles. The fourth-order valence-corrected chi connectivity index (χ4v) is 4.56. The lowest BCUT2D eigenvalue weighted by Gasteiger charge is -2.09. The molecule has 7 nitrogen and oxygen atoms in total. The summed E-state index contributed by atoms with van der Waals surface area (Å²) >= 11 is 0. The fraction of sp³-hybridized carbons (Fsp3) is 0.154. The van der Waals surface area contributed by atoms with Crippen LogP contribution in [0.15, 0.2) is 93.0 Å². The first-order chi connectivity index (χ1) is 16.3. The van der Waals surface area contributed by atoms with E-state index in [1.807, 2.05) is 37.3 Å². The van der Waals surface area contributed by atoms with E-state index in [1.165, 1.54) is 24.3 Å². The van der Waals surface area contributed by atoms with Crippen LogP contribution >= 0.6 is 0 Å². The van der Waals surface area contributed by atoms with Crippen molar-refractivity contribution in [3.63, 3.8) is 0 Å². The van der Waals surface area contributed by atoms with E-state index in [4.69, 9.17) is 9.15 Å². The van der Waals surface area contributed by atoms with Gasteiger partial charge in [0.25, 0.3) is 0 Å². The number of carbonyl (C=O) groups excluding carboxylic acids is 1. The van der Waals surface area contributed by atoms with Crippen molar-refractivity contribution in [2.75, 3.05) is 6.54 Å². The molecule has 0 aliphatic heterocycles. The quantitative estimate of drug-likeness (QED) is 0.174. The van der Waals surface area contributed by atoms with Gasteiger partial charge < -0.3 is 9.15 Å². The predicted octanol–water partition coefficient (Wildman–Crippen LogP) is 4.43. The molecule has 4 aromatic rings. The van der Waals surface area contributed by atoms with Gasteiger partial charge in [-0.2, -0.15) is 0 Å². The SMILES string of the molecule is Cc1ccc(S(=O)(=O)NCCCC(=O)Oc2ccc3c(-c4ccccc4)cc(=O)oc3c2)cc1. The third-order valence-electron chi connectivity index (χ3n) is 5.21. The molecule has 0 unspecified atom stereocenters. The Labute approximate surface area is 197 Å². The molecule has 0 saturated carbocycles. The van der Waals surface area contributed by atoms with Crippen LogP contribution in [-0.4, -0.2) is 20.9 Å². The summed E-state index contributed by atoms with van der Waals surface area (Å²) < 4.78 is 37.7. The number of fused-ring (bicyclic) bond motifs is 1. The van der Waals surface area contributed by atoms with E-state index in [1.54, 1.807) is 24.3 Å². The zero-order valence-corrected chi connectivity index (χ0v) is 19.3. The molecule has 3 aromatic carbocycles. The summed E-state index contributed by atoms with van der Waals surface area (Å²) in [4.78, 5) is 24.5. The number of aryl methyl sites for hydroxylation is 1. The number of ether oxygens (including phenoxy) is 1. The third kappa shape index (κ3) is 5.59. The zero-order chi connectivity index (χ0) is 24.1. The Morgan fingerprint density at radius 1 is 0.971 bits per heavy atom. The second kappa shape index (κ2) is 10.0. The number of rotatable bonds is 8. The van der Waals surface area contributed by atoms with Crippen LogP contribution in [0.25, 0.3) is 22.1 Å². The average Bonchev–Trinajstić information content (AvgIpc) is 2.82. The summed E-state index contributed by atoms with van der Waals surface area (Å²) in [5.74, 6) is -0.276. The topological polar surface area (TPSA) is 103 Å². The summed E-state index contributed by atoms with van der Waals surface area (Å²) in [5.41, 5.74) is 2.37. The highest BCUT2D eigenvalue weighted by Gasteiger charge is 2.14. The minimum Gasteiger partial charge on any atom is -0.426 e. The highest BCUT2D eigenvalue weighted by molar-refractivity contribution is 7.89. The van der Waals surface area contributed by atoms with Crippen LogP contribution in [-0.2, 0) is 14.8 Å². The summed E-state index contributed by atoms with van der Waals surface area (Å²) in [5, 5.41) is 0.719. The highest BCUT2D eigenvalue weighted by atomic mass is 32.2. The van der Waals surface area contributed by atoms with Crippen molar-refractivity contribution >= 4 is 27.0 Å². The van der Waals surface area contributed by atoms with Gasteiger partial charge in [-0.15, -0.1) is 0 Å². The number of carbonyl (C=O) groups is 1. The Bertz CT molecular complexity index is 1480. The number of esters is 1. The summed E-state index contributed by atoms with van der Waals surface area (Å²) in [6, 6.07) is 22.3. The van der Waals surface area contributed by atoms with Gasteiger partial charge in [0.15, 0.2) is 0 Å². The monoisotopic (exact) mass is 477 g/mol. The smallest absolute Gasteiger partial charge is 0.336 e. The lowest BCUT2D eigenvalue weighted by atomic mass is 10.0. The largest absolute Gasteiger partial charge is 0.426 e. The van der Waals surface area contributed by atoms with Crippen molar-refractivity contribution in [1.29, 1.82) is 0 Å². The van der Waals surface area contributed by atoms with E-state index in [0.29, 0.717) is 5.58 Å². The number of sulfonamides is 1. The predicted molar refractivity (Wildman–Crippen MR) is 129 cm³/mol. The minimum absolute atomic E-state index is 0.0163. The molecule has 0 fully saturated rings. The molecule has 0 atom stereocenters. The number of hydrogen-bond acceptors (Lipinski definition) is 6. The van der Waals surface area contributed by atoms with Gasteiger partial charge in [0, 0.05) is 30.5 Å². The van der Waals surface area contributed by atoms with Gasteiger partial charge in [-0.25, -0.2) is 17.9 Å². The molecule has 8 heteroatoms. The van der Waals surface area contributed by atoms with Crippen LogP contribution < -0.4 is 15.1 Å². The fourth-order valence-electron chi connectivity index (χ4n) is 3.49. The summed E-state index contributed by atoms with van der Waals surface area (Å²) in [6.07, 6.45) is 0.285. The van der Waals surface area contributed by atoms with Crippen LogP contribution in [0.1, 0.15) is 18.4 Å². The molecule has 1 N–H and O–H groups in total. The number of nitrogens with one attached hydrogen (secondary N) is 1. The van der Waals surface area contributed by atoms with Gasteiger partial charge in [-0.05, 0) is 48.7 Å². The molecule has 174 valence electrons. The zero-order valence-electron chi connectivity index (χ0n) is 18.5. The van der Waals surface area contributed by atoms with E-state index in [0.717, 1.165) is 22.1 Å². The number of benzene rings is 3. The average molecular weight is 478 g/mol. The van der Waals surface area contributed by atoms with Gasteiger partial charge in [-0.1, -0.05) is 48.0 Å². The Morgan fingerprint density at radius 2 is 1.71 bits per heavy atom. The first kappa shape index (κ1) is 23.4. The highest BCUT2D eigenvalue weighted by Crippen LogP contribution is 2.29. The van der Waals surface area contributed by atoms with E-state index in [-0.39, 0.29) is 30.0 Å². The summed E-state index contributed by atoms with van der Waals surface area (Å²) in [6.45, 7) is 1.97. The Kier molecular flexibility index (Phi) is 6.90. The van der Waals surface area contributed by atoms with Gasteiger partial charge >= 0.3 is 11.6 Å². The molecule has 0 aliphatic carbocycles. The van der Waals surface area contributed by atoms with Gasteiger partial charge in [-0.3, -0.25) is 4.79 Å². The maximum atomic E-state index is 12.3. The molecule has 0 bridgehead atoms. The van der Waals surface area contributed by atoms with Gasteiger partial charge in [0.05, 0.1) is 4.90 Å². The Morgan fingerprint density at radius 3 is 2.44 bits per heavy atom. The molecular formula is C26H23NO6S. The van der Waals surface area contributed by atoms with E-state index in [2.05, 4.69) is 4.72 Å². The normalized spacial score (nSPS) is 11.4. The molecule has 0 saturated heterocycles. The maximum Gasteiger partial charge on any atom is 0.336 e. The van der Waals surface area contributed by atoms with Gasteiger partial charge in [0.2, 0.25) is 10.0 Å². The maximum absolute atomic E-state index is 12.3. The Hall–Kier alpha value is -3.75. The van der Waals surface area contributed by atoms with Crippen molar-refractivity contribution in [3.8, 4) is 16.9 Å². The van der Waals surface area contributed by atoms with Crippen molar-refractivity contribution < 1.29 is 22.4 Å². The third-order valence-corrected chi connectivity index (χ3v) is 6.69. The molecule has 0 amide bonds. The molecule has 0 radical (unpaired) electrons. The molecule has 34 heavy (non-hydrogen) atoms. The van der Waals surface area contributed by atoms with E-state index in [9.17, 15) is 18.0 Å². The summed E-state index contributed by atoms with van der Waals surface area (Å²) in [7, 11) is -3.63. The molecule has 0 aliphatic rings. The van der Waals surface area contributed by atoms with Crippen molar-refractivity contribution in [1.82, 2.24) is 4.72 Å². The minimum atomic E-state index is -3.63. The first-order valence-corrected chi connectivity index (χ1v) is 12.2. The van der Waals surface area contributed by atoms with E-state index >= 15 is 0 Å². The van der Waals surface area contributed by atoms with Crippen molar-refractivity contribution in [2.45, 2.75) is 24.7 Å². The Balaban J connectivity index is 1.37. The van der Waals surface area contributed by atoms with E-state index < -0.39 is 21.6 Å². The molecular weight excluding hydrogens is 454 g/mol. The van der Waals surface area contributed by atoms with Crippen LogP contribution in [0.4, 0.5) is 0 Å². The molecule has 4 rings (SSSR count). The first-order valence-electron chi connectivity index (χ1n) is 10.7. The van der Waals surface area contributed by atoms with Crippen LogP contribution in [0.3, 0.4) is 0 Å². The standard InChI is InChI=1S/C26H23NO6S/c1-18-9-12-21(13-10-18)34(30,31)27-15-5-8-25(28)32-20-11-14-22-23(19-6-3-2-4-7-19)17-26(29)33-24(22)16-20/h2-4,6-7,9-14,16-17,27H,5,8,15H2,1H3. The lowest BCUT2D eigenvalue weighted by molar-refractivity contribution is -0.134. The second-order valence-corrected chi connectivity index (χ2v) is 9.56. The van der Waals surface area contributed by atoms with Crippen molar-refractivity contribution in [3.05, 3.63) is 94.8 Å². The van der Waals surface area contributed by atoms with Crippen LogP contribution in [0, 0.1) is 6.92 Å². The van der Waals surface area contributed by atoms with Crippen LogP contribution in [0.5, 0.6) is 5.75 Å². The van der Waals surface area contributed by atoms with Crippen LogP contribution in [0.2, 0.25) is 0 Å². The van der Waals surface area contributed by atoms with Gasteiger partial charge in [0.1, 0.15) is 11.3 Å². The molecule has 1 aromatic heterocycles. The molecule has 0 spiro atoms. The second-order valence-electron chi connectivity index (χ2n) is 7.79. The number of hydrogen-bond donors (Lipinski definition) is 1.